The summed E-state index contributed by atoms with van der Waals surface area (Å²) in [5.74, 6) is 0. The summed E-state index contributed by atoms with van der Waals surface area (Å²) in [6.45, 7) is 14.0. The van der Waals surface area contributed by atoms with Crippen LogP contribution in [0.3, 0.4) is 0 Å². The molecule has 0 N–H and O–H groups in total. The molecule has 198 valence electrons. The maximum atomic E-state index is 2.64. The molecule has 0 aliphatic heterocycles. The summed E-state index contributed by atoms with van der Waals surface area (Å²) in [5.41, 5.74) is 14.6. The zero-order valence-electron chi connectivity index (χ0n) is 24.3. The summed E-state index contributed by atoms with van der Waals surface area (Å²) in [4.78, 5) is 0. The van der Waals surface area contributed by atoms with Crippen LogP contribution < -0.4 is 0 Å². The molecule has 10 rings (SSSR count). The molecule has 10 aromatic rings. The maximum Gasteiger partial charge on any atom is 0.0961 e. The molecule has 0 atom stereocenters. The Bertz CT molecular complexity index is 2510. The Morgan fingerprint density at radius 1 is 0.366 bits per heavy atom. The van der Waals surface area contributed by atoms with Crippen molar-refractivity contribution in [2.75, 3.05) is 0 Å². The van der Waals surface area contributed by atoms with Crippen LogP contribution >= 0.6 is 0 Å². The third kappa shape index (κ3) is 2.38. The van der Waals surface area contributed by atoms with Gasteiger partial charge < -0.3 is 13.2 Å². The Balaban J connectivity index is 1.68. The van der Waals surface area contributed by atoms with E-state index in [9.17, 15) is 0 Å². The van der Waals surface area contributed by atoms with Crippen molar-refractivity contribution >= 4 is 82.0 Å². The van der Waals surface area contributed by atoms with Gasteiger partial charge in [0, 0.05) is 32.3 Å². The van der Waals surface area contributed by atoms with Crippen molar-refractivity contribution in [2.24, 2.45) is 0 Å². The molecular formula is C38H31N3. The minimum atomic E-state index is 0.0253. The Hall–Kier alpha value is -4.50. The SMILES string of the molecule is CC(C)(C)c1cc2c3cc(C(C)(C)C)cc4c3n3c2c(c1)n1c2ccccc2c2cc5c6ccccc6n4c5c3c21. The first-order chi connectivity index (χ1) is 19.6. The van der Waals surface area contributed by atoms with E-state index in [1.54, 1.807) is 0 Å². The Kier molecular flexibility index (Phi) is 3.53. The van der Waals surface area contributed by atoms with E-state index in [-0.39, 0.29) is 10.8 Å². The van der Waals surface area contributed by atoms with Gasteiger partial charge >= 0.3 is 0 Å². The average Bonchev–Trinajstić information content (AvgIpc) is 3.58. The zero-order valence-corrected chi connectivity index (χ0v) is 24.3. The van der Waals surface area contributed by atoms with E-state index >= 15 is 0 Å². The van der Waals surface area contributed by atoms with Crippen LogP contribution in [0.25, 0.3) is 82.0 Å². The van der Waals surface area contributed by atoms with Gasteiger partial charge in [-0.15, -0.1) is 0 Å². The first-order valence-electron chi connectivity index (χ1n) is 14.8. The summed E-state index contributed by atoms with van der Waals surface area (Å²) in [6, 6.07) is 30.4. The van der Waals surface area contributed by atoms with Crippen molar-refractivity contribution in [1.82, 2.24) is 13.2 Å². The first kappa shape index (κ1) is 22.2. The van der Waals surface area contributed by atoms with E-state index < -0.39 is 0 Å². The standard InChI is InChI=1S/C38H31N3/c1-37(2,3)20-15-24-25-16-21(38(4,5)6)18-31-33(25)41-32(24)30(17-20)39-28-13-9-7-11-22(28)26-19-27-23-12-8-10-14-29(23)40(31)35(27)36(41)34(26)39/h7-19H,1-6H3. The number of hydrogen-bond donors (Lipinski definition) is 0. The van der Waals surface area contributed by atoms with Gasteiger partial charge in [-0.2, -0.15) is 0 Å². The second-order valence-corrected chi connectivity index (χ2v) is 14.3. The van der Waals surface area contributed by atoms with Crippen LogP contribution in [0, 0.1) is 0 Å². The lowest BCUT2D eigenvalue weighted by Gasteiger charge is -2.22. The van der Waals surface area contributed by atoms with E-state index in [0.29, 0.717) is 0 Å². The van der Waals surface area contributed by atoms with Crippen LogP contribution in [-0.4, -0.2) is 13.2 Å². The number of aromatic nitrogens is 3. The molecule has 0 amide bonds. The Morgan fingerprint density at radius 2 is 0.780 bits per heavy atom. The number of nitrogens with zero attached hydrogens (tertiary/aromatic N) is 3. The topological polar surface area (TPSA) is 13.2 Å². The normalized spacial score (nSPS) is 14.1. The third-order valence-corrected chi connectivity index (χ3v) is 9.92. The number of hydrogen-bond acceptors (Lipinski definition) is 0. The second-order valence-electron chi connectivity index (χ2n) is 14.3. The molecular weight excluding hydrogens is 498 g/mol. The summed E-state index contributed by atoms with van der Waals surface area (Å²) in [5, 5.41) is 8.03. The van der Waals surface area contributed by atoms with Gasteiger partial charge in [-0.1, -0.05) is 77.9 Å². The van der Waals surface area contributed by atoms with E-state index in [4.69, 9.17) is 0 Å². The maximum absolute atomic E-state index is 2.64. The van der Waals surface area contributed by atoms with Gasteiger partial charge in [-0.3, -0.25) is 0 Å². The Morgan fingerprint density at radius 3 is 1.22 bits per heavy atom. The van der Waals surface area contributed by atoms with Crippen molar-refractivity contribution in [1.29, 1.82) is 0 Å². The monoisotopic (exact) mass is 529 g/mol. The second kappa shape index (κ2) is 6.52. The fraction of sp³-hybridized carbons (Fsp3) is 0.211. The van der Waals surface area contributed by atoms with Crippen LogP contribution in [0.1, 0.15) is 52.7 Å². The summed E-state index contributed by atoms with van der Waals surface area (Å²) in [7, 11) is 0. The zero-order chi connectivity index (χ0) is 27.7. The molecule has 5 heterocycles. The van der Waals surface area contributed by atoms with Crippen LogP contribution in [0.15, 0.2) is 78.9 Å². The molecule has 0 saturated heterocycles. The van der Waals surface area contributed by atoms with Gasteiger partial charge in [-0.05, 0) is 64.4 Å². The minimum Gasteiger partial charge on any atom is -0.305 e. The predicted molar refractivity (Wildman–Crippen MR) is 175 cm³/mol. The fourth-order valence-electron chi connectivity index (χ4n) is 7.92. The molecule has 41 heavy (non-hydrogen) atoms. The van der Waals surface area contributed by atoms with Crippen LogP contribution in [0.2, 0.25) is 0 Å². The van der Waals surface area contributed by atoms with E-state index in [1.807, 2.05) is 0 Å². The van der Waals surface area contributed by atoms with Gasteiger partial charge in [0.2, 0.25) is 0 Å². The molecule has 0 spiro atoms. The average molecular weight is 530 g/mol. The highest BCUT2D eigenvalue weighted by Crippen LogP contribution is 2.49. The van der Waals surface area contributed by atoms with Gasteiger partial charge in [0.25, 0.3) is 0 Å². The molecule has 0 saturated carbocycles. The van der Waals surface area contributed by atoms with Gasteiger partial charge in [0.15, 0.2) is 0 Å². The van der Waals surface area contributed by atoms with Crippen molar-refractivity contribution in [3.05, 3.63) is 90.0 Å². The third-order valence-electron chi connectivity index (χ3n) is 9.92. The molecule has 3 nitrogen and oxygen atoms in total. The van der Waals surface area contributed by atoms with E-state index in [1.165, 1.54) is 93.1 Å². The van der Waals surface area contributed by atoms with E-state index in [2.05, 4.69) is 134 Å². The number of para-hydroxylation sites is 2. The molecule has 0 aliphatic carbocycles. The quantitative estimate of drug-likeness (QED) is 0.137. The largest absolute Gasteiger partial charge is 0.305 e. The molecule has 0 bridgehead atoms. The number of benzene rings is 5. The summed E-state index contributed by atoms with van der Waals surface area (Å²) in [6.07, 6.45) is 0. The predicted octanol–water partition coefficient (Wildman–Crippen LogP) is 10.3. The summed E-state index contributed by atoms with van der Waals surface area (Å²) < 4.78 is 7.79. The lowest BCUT2D eigenvalue weighted by atomic mass is 9.84. The molecule has 0 fully saturated rings. The molecule has 5 aromatic carbocycles. The Labute approximate surface area is 237 Å². The number of rotatable bonds is 0. The highest BCUT2D eigenvalue weighted by Gasteiger charge is 2.30. The lowest BCUT2D eigenvalue weighted by Crippen LogP contribution is -2.11. The minimum absolute atomic E-state index is 0.0253. The molecule has 0 unspecified atom stereocenters. The first-order valence-corrected chi connectivity index (χ1v) is 14.8. The van der Waals surface area contributed by atoms with Gasteiger partial charge in [-0.25, -0.2) is 0 Å². The highest BCUT2D eigenvalue weighted by atomic mass is 15.1. The van der Waals surface area contributed by atoms with Crippen molar-refractivity contribution in [2.45, 2.75) is 52.4 Å². The smallest absolute Gasteiger partial charge is 0.0961 e. The molecule has 3 heteroatoms. The summed E-state index contributed by atoms with van der Waals surface area (Å²) >= 11 is 0. The number of fused-ring (bicyclic) bond motifs is 9. The van der Waals surface area contributed by atoms with Crippen LogP contribution in [0.5, 0.6) is 0 Å². The fourth-order valence-corrected chi connectivity index (χ4v) is 7.92. The van der Waals surface area contributed by atoms with Gasteiger partial charge in [0.1, 0.15) is 0 Å². The van der Waals surface area contributed by atoms with Crippen LogP contribution in [0.4, 0.5) is 0 Å². The van der Waals surface area contributed by atoms with E-state index in [0.717, 1.165) is 0 Å². The molecule has 5 aromatic heterocycles. The van der Waals surface area contributed by atoms with Crippen molar-refractivity contribution in [3.8, 4) is 0 Å². The lowest BCUT2D eigenvalue weighted by molar-refractivity contribution is 0.591. The van der Waals surface area contributed by atoms with Gasteiger partial charge in [0.05, 0.1) is 49.7 Å². The van der Waals surface area contributed by atoms with Crippen LogP contribution in [-0.2, 0) is 10.8 Å². The molecule has 0 aliphatic rings. The highest BCUT2D eigenvalue weighted by molar-refractivity contribution is 6.32. The van der Waals surface area contributed by atoms with Crippen molar-refractivity contribution in [3.63, 3.8) is 0 Å². The molecule has 0 radical (unpaired) electrons. The van der Waals surface area contributed by atoms with Crippen molar-refractivity contribution < 1.29 is 0 Å².